The van der Waals surface area contributed by atoms with Gasteiger partial charge in [-0.2, -0.15) is 0 Å². The molecule has 4 nitrogen and oxygen atoms in total. The van der Waals surface area contributed by atoms with E-state index in [0.717, 1.165) is 18.7 Å². The quantitative estimate of drug-likeness (QED) is 0.712. The van der Waals surface area contributed by atoms with Gasteiger partial charge in [-0.15, -0.1) is 10.2 Å². The number of rotatable bonds is 4. The molecule has 2 heterocycles. The fraction of sp³-hybridized carbons (Fsp3) is 0.375. The van der Waals surface area contributed by atoms with E-state index in [1.54, 1.807) is 0 Å². The Morgan fingerprint density at radius 2 is 2.00 bits per heavy atom. The Bertz CT molecular complexity index is 724. The summed E-state index contributed by atoms with van der Waals surface area (Å²) in [5.74, 6) is 1.55. The van der Waals surface area contributed by atoms with E-state index in [0.29, 0.717) is 11.8 Å². The van der Waals surface area contributed by atoms with Crippen molar-refractivity contribution in [3.05, 3.63) is 36.2 Å². The molecule has 0 atom stereocenters. The molecule has 0 amide bonds. The van der Waals surface area contributed by atoms with Crippen molar-refractivity contribution in [3.63, 3.8) is 0 Å². The maximum absolute atomic E-state index is 5.80. The topological polar surface area (TPSA) is 43.9 Å². The van der Waals surface area contributed by atoms with Crippen molar-refractivity contribution in [3.8, 4) is 11.6 Å². The molecule has 3 rings (SSSR count). The zero-order valence-corrected chi connectivity index (χ0v) is 12.1. The minimum Gasteiger partial charge on any atom is -0.419 e. The normalized spacial score (nSPS) is 11.6. The summed E-state index contributed by atoms with van der Waals surface area (Å²) in [6.07, 6.45) is 1.07. The molecule has 0 N–H and O–H groups in total. The van der Waals surface area contributed by atoms with Crippen LogP contribution in [0.5, 0.6) is 0 Å². The van der Waals surface area contributed by atoms with E-state index in [-0.39, 0.29) is 5.92 Å². The van der Waals surface area contributed by atoms with Gasteiger partial charge in [-0.3, -0.25) is 0 Å². The number of benzene rings is 1. The molecular formula is C16H19N3O. The Morgan fingerprint density at radius 3 is 2.70 bits per heavy atom. The van der Waals surface area contributed by atoms with Crippen molar-refractivity contribution in [2.75, 3.05) is 0 Å². The molecule has 0 saturated carbocycles. The van der Waals surface area contributed by atoms with Gasteiger partial charge < -0.3 is 8.98 Å². The van der Waals surface area contributed by atoms with Gasteiger partial charge in [0.25, 0.3) is 5.89 Å². The summed E-state index contributed by atoms with van der Waals surface area (Å²) in [7, 11) is 0. The van der Waals surface area contributed by atoms with Crippen LogP contribution in [-0.2, 0) is 6.54 Å². The highest BCUT2D eigenvalue weighted by atomic mass is 16.4. The molecule has 20 heavy (non-hydrogen) atoms. The van der Waals surface area contributed by atoms with Crippen molar-refractivity contribution in [1.29, 1.82) is 0 Å². The number of hydrogen-bond acceptors (Lipinski definition) is 3. The predicted octanol–water partition coefficient (Wildman–Crippen LogP) is 4.22. The number of aromatic nitrogens is 3. The third-order valence-electron chi connectivity index (χ3n) is 3.41. The minimum absolute atomic E-state index is 0.250. The Hall–Kier alpha value is -2.10. The zero-order valence-electron chi connectivity index (χ0n) is 12.1. The third-order valence-corrected chi connectivity index (χ3v) is 3.41. The predicted molar refractivity (Wildman–Crippen MR) is 79.6 cm³/mol. The van der Waals surface area contributed by atoms with E-state index < -0.39 is 0 Å². The van der Waals surface area contributed by atoms with Gasteiger partial charge in [0.05, 0.1) is 0 Å². The van der Waals surface area contributed by atoms with Crippen LogP contribution in [0, 0.1) is 0 Å². The van der Waals surface area contributed by atoms with Crippen LogP contribution in [0.2, 0.25) is 0 Å². The van der Waals surface area contributed by atoms with Gasteiger partial charge >= 0.3 is 0 Å². The highest BCUT2D eigenvalue weighted by Gasteiger charge is 2.16. The second-order valence-corrected chi connectivity index (χ2v) is 5.34. The third kappa shape index (κ3) is 2.11. The molecule has 0 spiro atoms. The average Bonchev–Trinajstić information content (AvgIpc) is 3.04. The first-order valence-corrected chi connectivity index (χ1v) is 7.12. The maximum atomic E-state index is 5.80. The van der Waals surface area contributed by atoms with E-state index in [1.807, 2.05) is 0 Å². The number of para-hydroxylation sites is 1. The molecule has 0 unspecified atom stereocenters. The second kappa shape index (κ2) is 5.12. The van der Waals surface area contributed by atoms with Crippen molar-refractivity contribution in [2.24, 2.45) is 0 Å². The van der Waals surface area contributed by atoms with Gasteiger partial charge in [0.2, 0.25) is 5.89 Å². The SMILES string of the molecule is CCCn1c(-c2nnc(C(C)C)o2)cc2ccccc21. The van der Waals surface area contributed by atoms with Gasteiger partial charge in [0.1, 0.15) is 5.69 Å². The molecule has 1 aromatic carbocycles. The molecule has 0 aliphatic carbocycles. The number of aryl methyl sites for hydroxylation is 1. The molecule has 3 aromatic rings. The van der Waals surface area contributed by atoms with Gasteiger partial charge in [-0.05, 0) is 18.6 Å². The van der Waals surface area contributed by atoms with Gasteiger partial charge in [0, 0.05) is 23.4 Å². The molecule has 0 fully saturated rings. The van der Waals surface area contributed by atoms with Crippen molar-refractivity contribution in [2.45, 2.75) is 39.7 Å². The van der Waals surface area contributed by atoms with E-state index in [9.17, 15) is 0 Å². The minimum atomic E-state index is 0.250. The summed E-state index contributed by atoms with van der Waals surface area (Å²) in [4.78, 5) is 0. The lowest BCUT2D eigenvalue weighted by Gasteiger charge is -2.06. The Labute approximate surface area is 118 Å². The maximum Gasteiger partial charge on any atom is 0.264 e. The number of hydrogen-bond donors (Lipinski definition) is 0. The highest BCUT2D eigenvalue weighted by molar-refractivity contribution is 5.85. The Morgan fingerprint density at radius 1 is 1.20 bits per heavy atom. The van der Waals surface area contributed by atoms with Crippen LogP contribution in [0.1, 0.15) is 39.0 Å². The van der Waals surface area contributed by atoms with Crippen molar-refractivity contribution >= 4 is 10.9 Å². The van der Waals surface area contributed by atoms with E-state index in [1.165, 1.54) is 10.9 Å². The van der Waals surface area contributed by atoms with Gasteiger partial charge in [-0.25, -0.2) is 0 Å². The highest BCUT2D eigenvalue weighted by Crippen LogP contribution is 2.28. The lowest BCUT2D eigenvalue weighted by atomic mass is 10.2. The lowest BCUT2D eigenvalue weighted by molar-refractivity contribution is 0.477. The molecule has 2 aromatic heterocycles. The van der Waals surface area contributed by atoms with Crippen LogP contribution in [0.25, 0.3) is 22.5 Å². The summed E-state index contributed by atoms with van der Waals surface area (Å²) in [6, 6.07) is 10.5. The van der Waals surface area contributed by atoms with Crippen molar-refractivity contribution in [1.82, 2.24) is 14.8 Å². The standard InChI is InChI=1S/C16H19N3O/c1-4-9-19-13-8-6-5-7-12(13)10-14(19)16-18-17-15(20-16)11(2)3/h5-8,10-11H,4,9H2,1-3H3. The summed E-state index contributed by atoms with van der Waals surface area (Å²) in [6.45, 7) is 7.23. The van der Waals surface area contributed by atoms with E-state index >= 15 is 0 Å². The molecule has 4 heteroatoms. The van der Waals surface area contributed by atoms with Gasteiger partial charge in [0.15, 0.2) is 0 Å². The van der Waals surface area contributed by atoms with E-state index in [4.69, 9.17) is 4.42 Å². The van der Waals surface area contributed by atoms with Crippen LogP contribution >= 0.6 is 0 Å². The monoisotopic (exact) mass is 269 g/mol. The molecule has 0 saturated heterocycles. The van der Waals surface area contributed by atoms with Crippen LogP contribution in [0.3, 0.4) is 0 Å². The smallest absolute Gasteiger partial charge is 0.264 e. The molecule has 0 radical (unpaired) electrons. The zero-order chi connectivity index (χ0) is 14.1. The first-order chi connectivity index (χ1) is 9.70. The van der Waals surface area contributed by atoms with E-state index in [2.05, 4.69) is 65.9 Å². The summed E-state index contributed by atoms with van der Waals surface area (Å²) in [5, 5.41) is 9.55. The van der Waals surface area contributed by atoms with Crippen LogP contribution in [-0.4, -0.2) is 14.8 Å². The summed E-state index contributed by atoms with van der Waals surface area (Å²) in [5.41, 5.74) is 2.22. The average molecular weight is 269 g/mol. The number of fused-ring (bicyclic) bond motifs is 1. The molecule has 0 aliphatic heterocycles. The Balaban J connectivity index is 2.15. The first-order valence-electron chi connectivity index (χ1n) is 7.12. The van der Waals surface area contributed by atoms with Crippen LogP contribution < -0.4 is 0 Å². The molecular weight excluding hydrogens is 250 g/mol. The van der Waals surface area contributed by atoms with Crippen LogP contribution in [0.15, 0.2) is 34.7 Å². The van der Waals surface area contributed by atoms with Crippen LogP contribution in [0.4, 0.5) is 0 Å². The fourth-order valence-electron chi connectivity index (χ4n) is 2.42. The summed E-state index contributed by atoms with van der Waals surface area (Å²) >= 11 is 0. The molecule has 0 aliphatic rings. The lowest BCUT2D eigenvalue weighted by Crippen LogP contribution is -1.98. The number of nitrogens with zero attached hydrogens (tertiary/aromatic N) is 3. The second-order valence-electron chi connectivity index (χ2n) is 5.34. The fourth-order valence-corrected chi connectivity index (χ4v) is 2.42. The largest absolute Gasteiger partial charge is 0.419 e. The first kappa shape index (κ1) is 12.9. The van der Waals surface area contributed by atoms with Crippen molar-refractivity contribution < 1.29 is 4.42 Å². The van der Waals surface area contributed by atoms with Gasteiger partial charge in [-0.1, -0.05) is 39.0 Å². The Kier molecular flexibility index (Phi) is 3.30. The molecule has 0 bridgehead atoms. The summed E-state index contributed by atoms with van der Waals surface area (Å²) < 4.78 is 8.06. The molecule has 104 valence electrons.